The number of hydrogen-bond donors (Lipinski definition) is 1. The summed E-state index contributed by atoms with van der Waals surface area (Å²) in [6, 6.07) is 0.528. The van der Waals surface area contributed by atoms with E-state index in [9.17, 15) is 13.2 Å². The predicted molar refractivity (Wildman–Crippen MR) is 54.5 cm³/mol. The molecule has 1 N–H and O–H groups in total. The van der Waals surface area contributed by atoms with Gasteiger partial charge in [-0.3, -0.25) is 0 Å². The van der Waals surface area contributed by atoms with Crippen molar-refractivity contribution in [2.75, 3.05) is 5.32 Å². The molecule has 2 nitrogen and oxygen atoms in total. The summed E-state index contributed by atoms with van der Waals surface area (Å²) in [4.78, 5) is 3.21. The zero-order chi connectivity index (χ0) is 11.5. The van der Waals surface area contributed by atoms with Crippen LogP contribution in [0.1, 0.15) is 19.3 Å². The lowest BCUT2D eigenvalue weighted by Gasteiger charge is -2.20. The van der Waals surface area contributed by atoms with Gasteiger partial charge < -0.3 is 5.32 Å². The van der Waals surface area contributed by atoms with Crippen LogP contribution in [0.15, 0.2) is 18.2 Å². The second kappa shape index (κ2) is 4.55. The molecular weight excluding hydrogens is 217 g/mol. The number of allylic oxidation sites excluding steroid dienone is 1. The molecule has 0 aliphatic heterocycles. The fourth-order valence-corrected chi connectivity index (χ4v) is 1.66. The third-order valence-electron chi connectivity index (χ3n) is 2.50. The van der Waals surface area contributed by atoms with E-state index in [1.165, 1.54) is 0 Å². The molecule has 1 aromatic rings. The Hall–Kier alpha value is -1.52. The Morgan fingerprint density at radius 2 is 2.00 bits per heavy atom. The molecule has 1 atom stereocenters. The van der Waals surface area contributed by atoms with Crippen LogP contribution in [-0.2, 0) is 0 Å². The first-order valence-corrected chi connectivity index (χ1v) is 5.10. The Bertz CT molecular complexity index is 418. The molecule has 1 aliphatic carbocycles. The van der Waals surface area contributed by atoms with Gasteiger partial charge in [-0.2, -0.15) is 9.37 Å². The van der Waals surface area contributed by atoms with Crippen LogP contribution in [0.25, 0.3) is 0 Å². The summed E-state index contributed by atoms with van der Waals surface area (Å²) in [6.07, 6.45) is 6.46. The van der Waals surface area contributed by atoms with Crippen LogP contribution in [0.3, 0.4) is 0 Å². The first-order valence-electron chi connectivity index (χ1n) is 5.10. The standard InChI is InChI=1S/C11H11F3N2/c12-8-6-9(13)11(16-10(8)14)15-7-4-2-1-3-5-7/h1-2,6-7H,3-5H2,(H,15,16). The van der Waals surface area contributed by atoms with E-state index in [-0.39, 0.29) is 11.9 Å². The van der Waals surface area contributed by atoms with Crippen molar-refractivity contribution in [1.82, 2.24) is 4.98 Å². The van der Waals surface area contributed by atoms with Gasteiger partial charge in [0.15, 0.2) is 17.5 Å². The molecule has 16 heavy (non-hydrogen) atoms. The molecule has 2 rings (SSSR count). The van der Waals surface area contributed by atoms with Crippen molar-refractivity contribution in [3.8, 4) is 0 Å². The second-order valence-corrected chi connectivity index (χ2v) is 3.72. The monoisotopic (exact) mass is 228 g/mol. The molecule has 1 aromatic heterocycles. The lowest BCUT2D eigenvalue weighted by molar-refractivity contribution is 0.464. The lowest BCUT2D eigenvalue weighted by atomic mass is 10.0. The maximum absolute atomic E-state index is 13.2. The van der Waals surface area contributed by atoms with E-state index in [4.69, 9.17) is 0 Å². The smallest absolute Gasteiger partial charge is 0.251 e. The number of hydrogen-bond acceptors (Lipinski definition) is 2. The normalized spacial score (nSPS) is 19.8. The molecule has 0 fully saturated rings. The van der Waals surface area contributed by atoms with Crippen molar-refractivity contribution < 1.29 is 13.2 Å². The van der Waals surface area contributed by atoms with Gasteiger partial charge in [-0.05, 0) is 19.3 Å². The minimum absolute atomic E-state index is 0.0249. The molecule has 0 amide bonds. The summed E-state index contributed by atoms with van der Waals surface area (Å²) in [5.41, 5.74) is 0. The molecular formula is C11H11F3N2. The van der Waals surface area contributed by atoms with E-state index in [0.29, 0.717) is 6.07 Å². The van der Waals surface area contributed by atoms with Gasteiger partial charge in [-0.1, -0.05) is 12.2 Å². The highest BCUT2D eigenvalue weighted by atomic mass is 19.2. The van der Waals surface area contributed by atoms with E-state index in [1.807, 2.05) is 12.2 Å². The lowest BCUT2D eigenvalue weighted by Crippen LogP contribution is -2.22. The van der Waals surface area contributed by atoms with E-state index in [1.54, 1.807) is 0 Å². The molecule has 1 aliphatic rings. The van der Waals surface area contributed by atoms with Crippen LogP contribution < -0.4 is 5.32 Å². The summed E-state index contributed by atoms with van der Waals surface area (Å²) < 4.78 is 38.7. The number of nitrogens with one attached hydrogen (secondary N) is 1. The molecule has 0 aromatic carbocycles. The summed E-state index contributed by atoms with van der Waals surface area (Å²) in [7, 11) is 0. The van der Waals surface area contributed by atoms with Crippen LogP contribution >= 0.6 is 0 Å². The van der Waals surface area contributed by atoms with Crippen molar-refractivity contribution in [1.29, 1.82) is 0 Å². The minimum atomic E-state index is -1.28. The summed E-state index contributed by atoms with van der Waals surface area (Å²) in [5, 5.41) is 2.77. The number of rotatable bonds is 2. The average Bonchev–Trinajstić information content (AvgIpc) is 2.27. The molecule has 1 unspecified atom stereocenters. The third kappa shape index (κ3) is 2.35. The van der Waals surface area contributed by atoms with Crippen LogP contribution in [0, 0.1) is 17.6 Å². The molecule has 1 heterocycles. The predicted octanol–water partition coefficient (Wildman–Crippen LogP) is 3.02. The van der Waals surface area contributed by atoms with Crippen molar-refractivity contribution in [2.45, 2.75) is 25.3 Å². The summed E-state index contributed by atoms with van der Waals surface area (Å²) in [6.45, 7) is 0. The highest BCUT2D eigenvalue weighted by Gasteiger charge is 2.15. The number of anilines is 1. The van der Waals surface area contributed by atoms with Crippen LogP contribution in [0.2, 0.25) is 0 Å². The van der Waals surface area contributed by atoms with Gasteiger partial charge in [0.05, 0.1) is 0 Å². The third-order valence-corrected chi connectivity index (χ3v) is 2.50. The van der Waals surface area contributed by atoms with E-state index in [2.05, 4.69) is 10.3 Å². The Kier molecular flexibility index (Phi) is 3.12. The number of aromatic nitrogens is 1. The largest absolute Gasteiger partial charge is 0.364 e. The van der Waals surface area contributed by atoms with Crippen LogP contribution in [0.5, 0.6) is 0 Å². The van der Waals surface area contributed by atoms with Gasteiger partial charge in [-0.25, -0.2) is 8.78 Å². The molecule has 0 spiro atoms. The second-order valence-electron chi connectivity index (χ2n) is 3.72. The number of pyridine rings is 1. The van der Waals surface area contributed by atoms with Gasteiger partial charge in [0.25, 0.3) is 5.95 Å². The number of nitrogens with zero attached hydrogens (tertiary/aromatic N) is 1. The van der Waals surface area contributed by atoms with Crippen LogP contribution in [-0.4, -0.2) is 11.0 Å². The zero-order valence-electron chi connectivity index (χ0n) is 8.51. The molecule has 0 bridgehead atoms. The topological polar surface area (TPSA) is 24.9 Å². The first kappa shape index (κ1) is 11.0. The maximum atomic E-state index is 13.2. The van der Waals surface area contributed by atoms with Crippen molar-refractivity contribution in [3.63, 3.8) is 0 Å². The van der Waals surface area contributed by atoms with Gasteiger partial charge in [0.1, 0.15) is 0 Å². The van der Waals surface area contributed by atoms with Crippen LogP contribution in [0.4, 0.5) is 19.0 Å². The fourth-order valence-electron chi connectivity index (χ4n) is 1.66. The molecule has 5 heteroatoms. The van der Waals surface area contributed by atoms with Crippen molar-refractivity contribution in [2.24, 2.45) is 0 Å². The van der Waals surface area contributed by atoms with Gasteiger partial charge in [-0.15, -0.1) is 0 Å². The highest BCUT2D eigenvalue weighted by Crippen LogP contribution is 2.19. The first-order chi connectivity index (χ1) is 7.66. The highest BCUT2D eigenvalue weighted by molar-refractivity contribution is 5.37. The maximum Gasteiger partial charge on any atom is 0.251 e. The number of halogens is 3. The quantitative estimate of drug-likeness (QED) is 0.621. The van der Waals surface area contributed by atoms with E-state index in [0.717, 1.165) is 19.3 Å². The van der Waals surface area contributed by atoms with Gasteiger partial charge in [0, 0.05) is 12.1 Å². The van der Waals surface area contributed by atoms with Gasteiger partial charge in [0.2, 0.25) is 0 Å². The summed E-state index contributed by atoms with van der Waals surface area (Å²) >= 11 is 0. The zero-order valence-corrected chi connectivity index (χ0v) is 8.51. The Labute approximate surface area is 91.2 Å². The molecule has 86 valence electrons. The Morgan fingerprint density at radius 3 is 2.69 bits per heavy atom. The van der Waals surface area contributed by atoms with Crippen molar-refractivity contribution in [3.05, 3.63) is 35.8 Å². The van der Waals surface area contributed by atoms with E-state index < -0.39 is 17.6 Å². The minimum Gasteiger partial charge on any atom is -0.364 e. The summed E-state index contributed by atoms with van der Waals surface area (Å²) in [5.74, 6) is -3.64. The fraction of sp³-hybridized carbons (Fsp3) is 0.364. The Balaban J connectivity index is 2.14. The van der Waals surface area contributed by atoms with E-state index >= 15 is 0 Å². The molecule has 0 saturated heterocycles. The van der Waals surface area contributed by atoms with Gasteiger partial charge >= 0.3 is 0 Å². The SMILES string of the molecule is Fc1cc(F)c(NC2CC=CCC2)nc1F. The average molecular weight is 228 g/mol. The Morgan fingerprint density at radius 1 is 1.19 bits per heavy atom. The van der Waals surface area contributed by atoms with Crippen molar-refractivity contribution >= 4 is 5.82 Å². The molecule has 0 saturated carbocycles. The molecule has 0 radical (unpaired) electrons.